The molecule has 0 amide bonds. The summed E-state index contributed by atoms with van der Waals surface area (Å²) in [4.78, 5) is 0. The Bertz CT molecular complexity index is 1240. The summed E-state index contributed by atoms with van der Waals surface area (Å²) in [5.41, 5.74) is 4.57. The van der Waals surface area contributed by atoms with Gasteiger partial charge < -0.3 is 9.84 Å². The molecule has 0 saturated heterocycles. The summed E-state index contributed by atoms with van der Waals surface area (Å²) in [6.45, 7) is 0.291. The van der Waals surface area contributed by atoms with Gasteiger partial charge in [-0.15, -0.1) is 5.10 Å². The number of aliphatic hydroxyl groups excluding tert-OH is 1. The lowest BCUT2D eigenvalue weighted by Crippen LogP contribution is -2.13. The van der Waals surface area contributed by atoms with Gasteiger partial charge in [0.1, 0.15) is 23.9 Å². The highest BCUT2D eigenvalue weighted by Crippen LogP contribution is 2.38. The van der Waals surface area contributed by atoms with E-state index >= 15 is 0 Å². The van der Waals surface area contributed by atoms with Crippen molar-refractivity contribution in [2.24, 2.45) is 0 Å². The lowest BCUT2D eigenvalue weighted by atomic mass is 9.94. The fraction of sp³-hybridized carbons (Fsp3) is 0.0870. The molecule has 5 rings (SSSR count). The number of benzene rings is 3. The van der Waals surface area contributed by atoms with Gasteiger partial charge in [0, 0.05) is 17.6 Å². The number of nitrogens with zero attached hydrogens (tertiary/aromatic N) is 3. The molecule has 1 aliphatic heterocycles. The van der Waals surface area contributed by atoms with E-state index in [-0.39, 0.29) is 11.6 Å². The van der Waals surface area contributed by atoms with Gasteiger partial charge in [0.05, 0.1) is 5.56 Å². The van der Waals surface area contributed by atoms with E-state index in [4.69, 9.17) is 4.74 Å². The molecule has 7 heteroatoms. The van der Waals surface area contributed by atoms with Crippen LogP contribution in [0, 0.1) is 5.82 Å². The zero-order valence-electron chi connectivity index (χ0n) is 15.8. The van der Waals surface area contributed by atoms with Gasteiger partial charge in [0.25, 0.3) is 0 Å². The van der Waals surface area contributed by atoms with Crippen LogP contribution in [-0.4, -0.2) is 32.3 Å². The lowest BCUT2D eigenvalue weighted by molar-refractivity contribution is 0.330. The minimum atomic E-state index is -0.368. The second-order valence-electron chi connectivity index (χ2n) is 7.05. The summed E-state index contributed by atoms with van der Waals surface area (Å²) >= 11 is 0. The minimum absolute atomic E-state index is 0.227. The van der Waals surface area contributed by atoms with E-state index in [9.17, 15) is 9.50 Å². The molecule has 0 aliphatic carbocycles. The Morgan fingerprint density at radius 2 is 1.80 bits per heavy atom. The van der Waals surface area contributed by atoms with Gasteiger partial charge >= 0.3 is 0 Å². The normalized spacial score (nSPS) is 13.1. The van der Waals surface area contributed by atoms with Gasteiger partial charge in [-0.05, 0) is 57.4 Å². The number of aromatic amines is 1. The topological polar surface area (TPSA) is 83.9 Å². The standard InChI is InChI=1S/C23H17FN4O2/c24-17-7-9-18(23-25-27-28-26-23)20(12-17)15-6-8-19-21(11-15)30-13-16(22(19)29)10-14-4-2-1-3-5-14/h1-9,11-12,29H,10,13H2,(H,25,26,27,28). The number of ether oxygens (including phenoxy) is 1. The number of halogens is 1. The van der Waals surface area contributed by atoms with Crippen LogP contribution in [0.2, 0.25) is 0 Å². The van der Waals surface area contributed by atoms with Gasteiger partial charge in [0.2, 0.25) is 0 Å². The van der Waals surface area contributed by atoms with Crippen molar-refractivity contribution in [1.29, 1.82) is 0 Å². The largest absolute Gasteiger partial charge is 0.507 e. The van der Waals surface area contributed by atoms with Gasteiger partial charge in [-0.2, -0.15) is 0 Å². The first kappa shape index (κ1) is 18.1. The van der Waals surface area contributed by atoms with Crippen LogP contribution in [0.3, 0.4) is 0 Å². The van der Waals surface area contributed by atoms with Crippen LogP contribution in [0.1, 0.15) is 11.1 Å². The summed E-state index contributed by atoms with van der Waals surface area (Å²) in [5.74, 6) is 0.850. The van der Waals surface area contributed by atoms with Crippen molar-refractivity contribution in [1.82, 2.24) is 20.6 Å². The van der Waals surface area contributed by atoms with E-state index in [2.05, 4.69) is 20.6 Å². The van der Waals surface area contributed by atoms with E-state index in [0.717, 1.165) is 16.7 Å². The number of hydrogen-bond acceptors (Lipinski definition) is 5. The van der Waals surface area contributed by atoms with E-state index in [1.807, 2.05) is 36.4 Å². The molecule has 6 nitrogen and oxygen atoms in total. The summed E-state index contributed by atoms with van der Waals surface area (Å²) in [6, 6.07) is 19.8. The molecule has 0 unspecified atom stereocenters. The Balaban J connectivity index is 1.53. The molecule has 0 atom stereocenters. The summed E-state index contributed by atoms with van der Waals surface area (Å²) in [5, 5.41) is 24.6. The van der Waals surface area contributed by atoms with Crippen LogP contribution in [0.25, 0.3) is 28.3 Å². The van der Waals surface area contributed by atoms with E-state index < -0.39 is 0 Å². The maximum Gasteiger partial charge on any atom is 0.180 e. The van der Waals surface area contributed by atoms with Gasteiger partial charge in [-0.3, -0.25) is 0 Å². The van der Waals surface area contributed by atoms with Crippen molar-refractivity contribution in [2.45, 2.75) is 6.42 Å². The third-order valence-corrected chi connectivity index (χ3v) is 5.13. The molecule has 1 aromatic heterocycles. The smallest absolute Gasteiger partial charge is 0.180 e. The molecule has 0 radical (unpaired) electrons. The first-order chi connectivity index (χ1) is 14.7. The molecule has 4 aromatic rings. The van der Waals surface area contributed by atoms with Crippen molar-refractivity contribution in [3.05, 3.63) is 89.2 Å². The highest BCUT2D eigenvalue weighted by Gasteiger charge is 2.21. The molecule has 0 fully saturated rings. The monoisotopic (exact) mass is 400 g/mol. The minimum Gasteiger partial charge on any atom is -0.507 e. The number of tetrazole rings is 1. The molecule has 2 N–H and O–H groups in total. The maximum atomic E-state index is 14.0. The van der Waals surface area contributed by atoms with Crippen LogP contribution < -0.4 is 4.74 Å². The SMILES string of the molecule is OC1=C(Cc2ccccc2)COc2cc(-c3cc(F)ccc3-c3nnn[nH]3)ccc21. The number of fused-ring (bicyclic) bond motifs is 1. The zero-order valence-corrected chi connectivity index (χ0v) is 15.8. The Morgan fingerprint density at radius 3 is 2.60 bits per heavy atom. The first-order valence-corrected chi connectivity index (χ1v) is 9.45. The Morgan fingerprint density at radius 1 is 0.967 bits per heavy atom. The predicted octanol–water partition coefficient (Wildman–Crippen LogP) is 4.58. The summed E-state index contributed by atoms with van der Waals surface area (Å²) in [7, 11) is 0. The quantitative estimate of drug-likeness (QED) is 0.524. The van der Waals surface area contributed by atoms with Crippen LogP contribution in [0.4, 0.5) is 4.39 Å². The number of hydrogen-bond donors (Lipinski definition) is 2. The van der Waals surface area contributed by atoms with Gasteiger partial charge in [0.15, 0.2) is 5.82 Å². The first-order valence-electron chi connectivity index (χ1n) is 9.45. The number of aliphatic hydroxyl groups is 1. The molecule has 30 heavy (non-hydrogen) atoms. The predicted molar refractivity (Wildman–Crippen MR) is 110 cm³/mol. The summed E-state index contributed by atoms with van der Waals surface area (Å²) in [6.07, 6.45) is 0.612. The third-order valence-electron chi connectivity index (χ3n) is 5.13. The number of rotatable bonds is 4. The Hall–Kier alpha value is -4.00. The second-order valence-corrected chi connectivity index (χ2v) is 7.05. The van der Waals surface area contributed by atoms with Crippen molar-refractivity contribution in [2.75, 3.05) is 6.61 Å². The molecule has 1 aliphatic rings. The maximum absolute atomic E-state index is 14.0. The second kappa shape index (κ2) is 7.44. The average molecular weight is 400 g/mol. The lowest BCUT2D eigenvalue weighted by Gasteiger charge is -2.22. The van der Waals surface area contributed by atoms with E-state index in [0.29, 0.717) is 41.3 Å². The highest BCUT2D eigenvalue weighted by molar-refractivity contribution is 5.83. The third kappa shape index (κ3) is 3.30. The van der Waals surface area contributed by atoms with Crippen molar-refractivity contribution >= 4 is 5.76 Å². The van der Waals surface area contributed by atoms with Gasteiger partial charge in [-0.25, -0.2) is 9.49 Å². The number of aromatic nitrogens is 4. The molecule has 3 aromatic carbocycles. The van der Waals surface area contributed by atoms with Crippen LogP contribution in [0.15, 0.2) is 72.3 Å². The van der Waals surface area contributed by atoms with Crippen molar-refractivity contribution < 1.29 is 14.2 Å². The fourth-order valence-corrected chi connectivity index (χ4v) is 3.64. The van der Waals surface area contributed by atoms with Crippen molar-refractivity contribution in [3.8, 4) is 28.3 Å². The molecule has 0 saturated carbocycles. The summed E-state index contributed by atoms with van der Waals surface area (Å²) < 4.78 is 19.9. The molecule has 148 valence electrons. The fourth-order valence-electron chi connectivity index (χ4n) is 3.64. The molecular formula is C23H17FN4O2. The Kier molecular flexibility index (Phi) is 4.48. The van der Waals surface area contributed by atoms with Gasteiger partial charge in [-0.1, -0.05) is 36.4 Å². The highest BCUT2D eigenvalue weighted by atomic mass is 19.1. The number of H-pyrrole nitrogens is 1. The van der Waals surface area contributed by atoms with Crippen LogP contribution in [0.5, 0.6) is 5.75 Å². The zero-order chi connectivity index (χ0) is 20.5. The molecular weight excluding hydrogens is 383 g/mol. The van der Waals surface area contributed by atoms with Crippen molar-refractivity contribution in [3.63, 3.8) is 0 Å². The average Bonchev–Trinajstić information content (AvgIpc) is 3.31. The van der Waals surface area contributed by atoms with Crippen LogP contribution >= 0.6 is 0 Å². The molecule has 0 bridgehead atoms. The van der Waals surface area contributed by atoms with Crippen LogP contribution in [-0.2, 0) is 6.42 Å². The van der Waals surface area contributed by atoms with E-state index in [1.165, 1.54) is 12.1 Å². The van der Waals surface area contributed by atoms with E-state index in [1.54, 1.807) is 18.2 Å². The molecule has 2 heterocycles. The Labute approximate surface area is 171 Å². The molecule has 0 spiro atoms. The number of nitrogens with one attached hydrogen (secondary N) is 1.